The Bertz CT molecular complexity index is 163. The quantitative estimate of drug-likeness (QED) is 0.303. The lowest BCUT2D eigenvalue weighted by molar-refractivity contribution is 0.299. The molecule has 0 aromatic rings. The Morgan fingerprint density at radius 1 is 0.600 bits per heavy atom. The van der Waals surface area contributed by atoms with Crippen LogP contribution in [0.5, 0.6) is 0 Å². The standard InChI is InChI=1S/C19H40N/c1-4-7-8-9-10-11-12-13-14-15-16-17-18-19-20(5-2)6-3/h16H,4-15,17-19H2,1-3H3. The van der Waals surface area contributed by atoms with Crippen molar-refractivity contribution < 1.29 is 0 Å². The zero-order valence-corrected chi connectivity index (χ0v) is 14.6. The van der Waals surface area contributed by atoms with E-state index in [1.54, 1.807) is 0 Å². The molecule has 121 valence electrons. The van der Waals surface area contributed by atoms with Crippen LogP contribution >= 0.6 is 0 Å². The van der Waals surface area contributed by atoms with Crippen molar-refractivity contribution >= 4 is 0 Å². The molecule has 0 bridgehead atoms. The van der Waals surface area contributed by atoms with Gasteiger partial charge in [-0.25, -0.2) is 0 Å². The van der Waals surface area contributed by atoms with E-state index in [1.165, 1.54) is 96.7 Å². The summed E-state index contributed by atoms with van der Waals surface area (Å²) in [6.07, 6.45) is 19.5. The van der Waals surface area contributed by atoms with E-state index < -0.39 is 0 Å². The molecule has 0 saturated carbocycles. The van der Waals surface area contributed by atoms with Crippen LogP contribution < -0.4 is 0 Å². The Kier molecular flexibility index (Phi) is 17.0. The highest BCUT2D eigenvalue weighted by molar-refractivity contribution is 4.66. The summed E-state index contributed by atoms with van der Waals surface area (Å²) in [6.45, 7) is 10.5. The van der Waals surface area contributed by atoms with E-state index in [0.717, 1.165) is 0 Å². The fraction of sp³-hybridized carbons (Fsp3) is 0.947. The molecule has 0 N–H and O–H groups in total. The minimum Gasteiger partial charge on any atom is -0.304 e. The molecule has 20 heavy (non-hydrogen) atoms. The minimum atomic E-state index is 1.20. The average Bonchev–Trinajstić information content (AvgIpc) is 2.48. The number of hydrogen-bond donors (Lipinski definition) is 0. The Hall–Kier alpha value is -0.0400. The zero-order valence-electron chi connectivity index (χ0n) is 14.6. The van der Waals surface area contributed by atoms with Crippen molar-refractivity contribution in [3.05, 3.63) is 6.42 Å². The highest BCUT2D eigenvalue weighted by Crippen LogP contribution is 2.12. The average molecular weight is 283 g/mol. The fourth-order valence-corrected chi connectivity index (χ4v) is 2.74. The number of unbranched alkanes of at least 4 members (excludes halogenated alkanes) is 12. The summed E-state index contributed by atoms with van der Waals surface area (Å²) in [7, 11) is 0. The van der Waals surface area contributed by atoms with Crippen LogP contribution in [0.25, 0.3) is 0 Å². The molecule has 0 aromatic heterocycles. The number of rotatable bonds is 16. The summed E-state index contributed by atoms with van der Waals surface area (Å²) >= 11 is 0. The molecule has 0 aromatic carbocycles. The molecular formula is C19H40N. The van der Waals surface area contributed by atoms with Gasteiger partial charge in [-0.15, -0.1) is 0 Å². The summed E-state index contributed by atoms with van der Waals surface area (Å²) in [5.41, 5.74) is 0. The Balaban J connectivity index is 3.02. The first-order chi connectivity index (χ1) is 9.85. The molecule has 0 heterocycles. The van der Waals surface area contributed by atoms with Crippen LogP contribution in [0, 0.1) is 6.42 Å². The largest absolute Gasteiger partial charge is 0.304 e. The molecule has 0 saturated heterocycles. The summed E-state index contributed by atoms with van der Waals surface area (Å²) in [5.74, 6) is 0. The first-order valence-electron chi connectivity index (χ1n) is 9.39. The molecule has 0 spiro atoms. The monoisotopic (exact) mass is 282 g/mol. The smallest absolute Gasteiger partial charge is 0.00189 e. The molecule has 1 heteroatoms. The van der Waals surface area contributed by atoms with Gasteiger partial charge in [-0.1, -0.05) is 85.0 Å². The summed E-state index contributed by atoms with van der Waals surface area (Å²) in [5, 5.41) is 0. The van der Waals surface area contributed by atoms with E-state index in [1.807, 2.05) is 0 Å². The molecule has 0 atom stereocenters. The van der Waals surface area contributed by atoms with E-state index in [-0.39, 0.29) is 0 Å². The van der Waals surface area contributed by atoms with Gasteiger partial charge in [0.25, 0.3) is 0 Å². The topological polar surface area (TPSA) is 3.24 Å². The van der Waals surface area contributed by atoms with Gasteiger partial charge in [-0.2, -0.15) is 0 Å². The lowest BCUT2D eigenvalue weighted by atomic mass is 10.0. The SMILES string of the molecule is CCCCCCCCCCC[CH]CCCN(CC)CC. The lowest BCUT2D eigenvalue weighted by Crippen LogP contribution is -2.23. The van der Waals surface area contributed by atoms with Crippen molar-refractivity contribution in [1.82, 2.24) is 4.90 Å². The highest BCUT2D eigenvalue weighted by Gasteiger charge is 1.98. The van der Waals surface area contributed by atoms with Crippen molar-refractivity contribution in [1.29, 1.82) is 0 Å². The van der Waals surface area contributed by atoms with Crippen LogP contribution in [0.2, 0.25) is 0 Å². The molecule has 0 fully saturated rings. The molecule has 1 nitrogen and oxygen atoms in total. The van der Waals surface area contributed by atoms with Gasteiger partial charge in [0.15, 0.2) is 0 Å². The molecule has 0 unspecified atom stereocenters. The molecule has 0 aliphatic rings. The van der Waals surface area contributed by atoms with E-state index in [9.17, 15) is 0 Å². The van der Waals surface area contributed by atoms with Crippen molar-refractivity contribution in [3.8, 4) is 0 Å². The number of nitrogens with zero attached hydrogens (tertiary/aromatic N) is 1. The molecule has 0 amide bonds. The normalized spacial score (nSPS) is 11.4. The second-order valence-electron chi connectivity index (χ2n) is 6.07. The molecule has 0 rings (SSSR count). The van der Waals surface area contributed by atoms with Gasteiger partial charge >= 0.3 is 0 Å². The van der Waals surface area contributed by atoms with Crippen LogP contribution in [0.4, 0.5) is 0 Å². The maximum Gasteiger partial charge on any atom is -0.00189 e. The Morgan fingerprint density at radius 3 is 1.65 bits per heavy atom. The van der Waals surface area contributed by atoms with Crippen LogP contribution in [0.1, 0.15) is 97.8 Å². The van der Waals surface area contributed by atoms with Gasteiger partial charge < -0.3 is 4.90 Å². The van der Waals surface area contributed by atoms with Gasteiger partial charge in [0.2, 0.25) is 0 Å². The Morgan fingerprint density at radius 2 is 1.10 bits per heavy atom. The minimum absolute atomic E-state index is 1.20. The maximum absolute atomic E-state index is 2.52. The van der Waals surface area contributed by atoms with Crippen LogP contribution in [0.15, 0.2) is 0 Å². The van der Waals surface area contributed by atoms with E-state index in [2.05, 4.69) is 32.1 Å². The van der Waals surface area contributed by atoms with E-state index >= 15 is 0 Å². The zero-order chi connectivity index (χ0) is 14.9. The van der Waals surface area contributed by atoms with Gasteiger partial charge in [-0.05, 0) is 38.9 Å². The number of hydrogen-bond acceptors (Lipinski definition) is 1. The molecule has 1 radical (unpaired) electrons. The lowest BCUT2D eigenvalue weighted by Gasteiger charge is -2.17. The second kappa shape index (κ2) is 17.0. The summed E-state index contributed by atoms with van der Waals surface area (Å²) in [4.78, 5) is 2.52. The first kappa shape index (κ1) is 20.0. The van der Waals surface area contributed by atoms with E-state index in [0.29, 0.717) is 0 Å². The Labute approximate surface area is 129 Å². The maximum atomic E-state index is 2.52. The van der Waals surface area contributed by atoms with Crippen LogP contribution in [0.3, 0.4) is 0 Å². The van der Waals surface area contributed by atoms with Crippen molar-refractivity contribution in [2.24, 2.45) is 0 Å². The highest BCUT2D eigenvalue weighted by atomic mass is 15.1. The van der Waals surface area contributed by atoms with Crippen molar-refractivity contribution in [2.45, 2.75) is 97.8 Å². The van der Waals surface area contributed by atoms with Crippen molar-refractivity contribution in [3.63, 3.8) is 0 Å². The fourth-order valence-electron chi connectivity index (χ4n) is 2.74. The van der Waals surface area contributed by atoms with Gasteiger partial charge in [-0.3, -0.25) is 0 Å². The van der Waals surface area contributed by atoms with Crippen LogP contribution in [-0.2, 0) is 0 Å². The second-order valence-corrected chi connectivity index (χ2v) is 6.07. The predicted octanol–water partition coefficient (Wildman–Crippen LogP) is 6.23. The third-order valence-electron chi connectivity index (χ3n) is 4.29. The molecule has 0 aliphatic carbocycles. The third-order valence-corrected chi connectivity index (χ3v) is 4.29. The van der Waals surface area contributed by atoms with Crippen LogP contribution in [-0.4, -0.2) is 24.5 Å². The molecular weight excluding hydrogens is 242 g/mol. The summed E-state index contributed by atoms with van der Waals surface area (Å²) in [6, 6.07) is 0. The third kappa shape index (κ3) is 14.4. The molecule has 0 aliphatic heterocycles. The van der Waals surface area contributed by atoms with E-state index in [4.69, 9.17) is 0 Å². The first-order valence-corrected chi connectivity index (χ1v) is 9.39. The van der Waals surface area contributed by atoms with Crippen molar-refractivity contribution in [2.75, 3.05) is 19.6 Å². The van der Waals surface area contributed by atoms with Gasteiger partial charge in [0, 0.05) is 0 Å². The predicted molar refractivity (Wildman–Crippen MR) is 93.2 cm³/mol. The summed E-state index contributed by atoms with van der Waals surface area (Å²) < 4.78 is 0. The van der Waals surface area contributed by atoms with Gasteiger partial charge in [0.05, 0.1) is 0 Å². The van der Waals surface area contributed by atoms with Gasteiger partial charge in [0.1, 0.15) is 0 Å².